The lowest BCUT2D eigenvalue weighted by atomic mass is 10.0. The van der Waals surface area contributed by atoms with Gasteiger partial charge in [0, 0.05) is 22.5 Å². The van der Waals surface area contributed by atoms with E-state index in [4.69, 9.17) is 5.11 Å². The number of carbonyl (C=O) groups is 1. The number of aromatic carboxylic acids is 1. The smallest absolute Gasteiger partial charge is 0.345 e. The molecule has 0 amide bonds. The van der Waals surface area contributed by atoms with E-state index in [-0.39, 0.29) is 0 Å². The summed E-state index contributed by atoms with van der Waals surface area (Å²) >= 11 is 1.35. The number of aryl methyl sites for hydroxylation is 1. The van der Waals surface area contributed by atoms with Gasteiger partial charge < -0.3 is 10.4 Å². The number of unbranched alkanes of at least 4 members (excludes halogenated alkanes) is 3. The van der Waals surface area contributed by atoms with Crippen molar-refractivity contribution in [1.82, 2.24) is 0 Å². The summed E-state index contributed by atoms with van der Waals surface area (Å²) in [5, 5.41) is 15.0. The van der Waals surface area contributed by atoms with Crippen LogP contribution >= 0.6 is 11.3 Å². The highest BCUT2D eigenvalue weighted by molar-refractivity contribution is 7.13. The maximum atomic E-state index is 11.0. The standard InChI is InChI=1S/C23H27NO2S/c1-2-3-4-5-7-17-10-12-20-18(16-17)8-6-9-21(20)24-15-14-19-11-13-22(27-19)23(25)26/h6,8-13,16,24H,2-5,7,14-15H2,1H3,(H,25,26). The molecule has 0 aliphatic carbocycles. The molecule has 0 bridgehead atoms. The minimum atomic E-state index is -0.848. The second-order valence-corrected chi connectivity index (χ2v) is 8.09. The Kier molecular flexibility index (Phi) is 6.88. The number of benzene rings is 2. The van der Waals surface area contributed by atoms with Gasteiger partial charge in [-0.2, -0.15) is 0 Å². The van der Waals surface area contributed by atoms with Crippen molar-refractivity contribution in [2.75, 3.05) is 11.9 Å². The zero-order valence-corrected chi connectivity index (χ0v) is 16.6. The fraction of sp³-hybridized carbons (Fsp3) is 0.348. The molecule has 3 nitrogen and oxygen atoms in total. The molecule has 4 heteroatoms. The Bertz CT molecular complexity index is 900. The molecule has 0 spiro atoms. The zero-order chi connectivity index (χ0) is 19.1. The van der Waals surface area contributed by atoms with Crippen LogP contribution in [0.4, 0.5) is 5.69 Å². The van der Waals surface area contributed by atoms with Crippen molar-refractivity contribution in [3.63, 3.8) is 0 Å². The van der Waals surface area contributed by atoms with Crippen LogP contribution in [0.1, 0.15) is 52.7 Å². The molecule has 2 aromatic carbocycles. The van der Waals surface area contributed by atoms with Crippen molar-refractivity contribution in [1.29, 1.82) is 0 Å². The number of thiophene rings is 1. The first-order valence-electron chi connectivity index (χ1n) is 9.75. The molecular weight excluding hydrogens is 354 g/mol. The molecule has 0 aliphatic heterocycles. The van der Waals surface area contributed by atoms with Crippen LogP contribution < -0.4 is 5.32 Å². The third kappa shape index (κ3) is 5.33. The Labute approximate surface area is 165 Å². The molecule has 142 valence electrons. The van der Waals surface area contributed by atoms with E-state index in [1.165, 1.54) is 53.4 Å². The second kappa shape index (κ2) is 9.56. The molecule has 0 atom stereocenters. The zero-order valence-electron chi connectivity index (χ0n) is 15.8. The van der Waals surface area contributed by atoms with Crippen LogP contribution in [0.5, 0.6) is 0 Å². The van der Waals surface area contributed by atoms with E-state index in [1.807, 2.05) is 6.07 Å². The SMILES string of the molecule is CCCCCCc1ccc2c(NCCc3ccc(C(=O)O)s3)cccc2c1. The normalized spacial score (nSPS) is 11.0. The quantitative estimate of drug-likeness (QED) is 0.401. The molecule has 0 saturated carbocycles. The van der Waals surface area contributed by atoms with Gasteiger partial charge in [0.2, 0.25) is 0 Å². The number of hydrogen-bond donors (Lipinski definition) is 2. The van der Waals surface area contributed by atoms with Crippen LogP contribution in [0.3, 0.4) is 0 Å². The van der Waals surface area contributed by atoms with Gasteiger partial charge in [-0.1, -0.05) is 56.5 Å². The molecule has 0 radical (unpaired) electrons. The second-order valence-electron chi connectivity index (χ2n) is 6.92. The number of hydrogen-bond acceptors (Lipinski definition) is 3. The highest BCUT2D eigenvalue weighted by Crippen LogP contribution is 2.25. The molecule has 0 saturated heterocycles. The van der Waals surface area contributed by atoms with Crippen molar-refractivity contribution < 1.29 is 9.90 Å². The molecular formula is C23H27NO2S. The van der Waals surface area contributed by atoms with Crippen LogP contribution in [0.2, 0.25) is 0 Å². The highest BCUT2D eigenvalue weighted by Gasteiger charge is 2.07. The van der Waals surface area contributed by atoms with E-state index in [9.17, 15) is 4.79 Å². The Morgan fingerprint density at radius 1 is 1.04 bits per heavy atom. The van der Waals surface area contributed by atoms with Crippen LogP contribution in [-0.4, -0.2) is 17.6 Å². The van der Waals surface area contributed by atoms with Crippen LogP contribution in [-0.2, 0) is 12.8 Å². The fourth-order valence-electron chi connectivity index (χ4n) is 3.35. The third-order valence-corrected chi connectivity index (χ3v) is 5.96. The fourth-order valence-corrected chi connectivity index (χ4v) is 4.19. The number of fused-ring (bicyclic) bond motifs is 1. The number of rotatable bonds is 10. The number of carboxylic acids is 1. The van der Waals surface area contributed by atoms with Gasteiger partial charge in [-0.05, 0) is 48.4 Å². The van der Waals surface area contributed by atoms with Crippen molar-refractivity contribution in [3.05, 3.63) is 63.8 Å². The van der Waals surface area contributed by atoms with Gasteiger partial charge in [-0.3, -0.25) is 0 Å². The Balaban J connectivity index is 1.61. The first-order chi connectivity index (χ1) is 13.2. The minimum absolute atomic E-state index is 0.404. The van der Waals surface area contributed by atoms with Crippen molar-refractivity contribution in [2.45, 2.75) is 45.4 Å². The summed E-state index contributed by atoms with van der Waals surface area (Å²) in [6.45, 7) is 3.03. The van der Waals surface area contributed by atoms with E-state index < -0.39 is 5.97 Å². The highest BCUT2D eigenvalue weighted by atomic mass is 32.1. The molecule has 3 aromatic rings. The van der Waals surface area contributed by atoms with E-state index >= 15 is 0 Å². The molecule has 0 aliphatic rings. The van der Waals surface area contributed by atoms with Crippen molar-refractivity contribution >= 4 is 33.8 Å². The van der Waals surface area contributed by atoms with Gasteiger partial charge in [-0.15, -0.1) is 11.3 Å². The van der Waals surface area contributed by atoms with Gasteiger partial charge in [0.15, 0.2) is 0 Å². The van der Waals surface area contributed by atoms with Gasteiger partial charge >= 0.3 is 5.97 Å². The van der Waals surface area contributed by atoms with Gasteiger partial charge in [-0.25, -0.2) is 4.79 Å². The Morgan fingerprint density at radius 3 is 2.70 bits per heavy atom. The topological polar surface area (TPSA) is 49.3 Å². The molecule has 0 unspecified atom stereocenters. The van der Waals surface area contributed by atoms with E-state index in [0.717, 1.165) is 30.0 Å². The van der Waals surface area contributed by atoms with Crippen molar-refractivity contribution in [2.24, 2.45) is 0 Å². The van der Waals surface area contributed by atoms with E-state index in [0.29, 0.717) is 4.88 Å². The van der Waals surface area contributed by atoms with E-state index in [2.05, 4.69) is 48.6 Å². The molecule has 1 heterocycles. The molecule has 27 heavy (non-hydrogen) atoms. The summed E-state index contributed by atoms with van der Waals surface area (Å²) in [5.41, 5.74) is 2.55. The maximum absolute atomic E-state index is 11.0. The van der Waals surface area contributed by atoms with Crippen LogP contribution in [0.25, 0.3) is 10.8 Å². The average molecular weight is 382 g/mol. The summed E-state index contributed by atoms with van der Waals surface area (Å²) < 4.78 is 0. The number of carboxylic acid groups (broad SMARTS) is 1. The Morgan fingerprint density at radius 2 is 1.93 bits per heavy atom. The summed E-state index contributed by atoms with van der Waals surface area (Å²) in [4.78, 5) is 12.5. The van der Waals surface area contributed by atoms with E-state index in [1.54, 1.807) is 6.07 Å². The molecule has 0 fully saturated rings. The third-order valence-electron chi connectivity index (χ3n) is 4.82. The first-order valence-corrected chi connectivity index (χ1v) is 10.6. The summed E-state index contributed by atoms with van der Waals surface area (Å²) in [6.07, 6.45) is 7.14. The van der Waals surface area contributed by atoms with Crippen LogP contribution in [0, 0.1) is 0 Å². The first kappa shape index (κ1) is 19.4. The number of nitrogens with one attached hydrogen (secondary N) is 1. The largest absolute Gasteiger partial charge is 0.477 e. The maximum Gasteiger partial charge on any atom is 0.345 e. The lowest BCUT2D eigenvalue weighted by molar-refractivity contribution is 0.0702. The van der Waals surface area contributed by atoms with Gasteiger partial charge in [0.05, 0.1) is 0 Å². The van der Waals surface area contributed by atoms with Gasteiger partial charge in [0.25, 0.3) is 0 Å². The predicted molar refractivity (Wildman–Crippen MR) is 115 cm³/mol. The lowest BCUT2D eigenvalue weighted by Crippen LogP contribution is -2.04. The molecule has 2 N–H and O–H groups in total. The predicted octanol–water partition coefficient (Wildman–Crippen LogP) is 6.38. The Hall–Kier alpha value is -2.33. The minimum Gasteiger partial charge on any atom is -0.477 e. The van der Waals surface area contributed by atoms with Crippen LogP contribution in [0.15, 0.2) is 48.5 Å². The lowest BCUT2D eigenvalue weighted by Gasteiger charge is -2.11. The summed E-state index contributed by atoms with van der Waals surface area (Å²) in [5.74, 6) is -0.848. The monoisotopic (exact) mass is 381 g/mol. The average Bonchev–Trinajstić information content (AvgIpc) is 3.14. The van der Waals surface area contributed by atoms with Gasteiger partial charge in [0.1, 0.15) is 4.88 Å². The molecule has 3 rings (SSSR count). The number of anilines is 1. The summed E-state index contributed by atoms with van der Waals surface area (Å²) in [6, 6.07) is 16.8. The van der Waals surface area contributed by atoms with Crippen molar-refractivity contribution in [3.8, 4) is 0 Å². The summed E-state index contributed by atoms with van der Waals surface area (Å²) in [7, 11) is 0. The molecule has 1 aromatic heterocycles.